The van der Waals surface area contributed by atoms with Crippen LogP contribution in [0.15, 0.2) is 18.3 Å². The van der Waals surface area contributed by atoms with Crippen LogP contribution in [0.1, 0.15) is 17.4 Å². The summed E-state index contributed by atoms with van der Waals surface area (Å²) < 4.78 is 4.74. The number of imide groups is 1. The second kappa shape index (κ2) is 8.39. The summed E-state index contributed by atoms with van der Waals surface area (Å²) in [6.07, 6.45) is 1.59. The van der Waals surface area contributed by atoms with Crippen LogP contribution in [0.2, 0.25) is 0 Å². The Balaban J connectivity index is 2.23. The first-order valence-corrected chi connectivity index (χ1v) is 7.17. The fourth-order valence-corrected chi connectivity index (χ4v) is 2.06. The number of hydrogen-bond donors (Lipinski definition) is 3. The summed E-state index contributed by atoms with van der Waals surface area (Å²) >= 11 is 1.16. The van der Waals surface area contributed by atoms with Gasteiger partial charge < -0.3 is 15.5 Å². The van der Waals surface area contributed by atoms with Gasteiger partial charge in [-0.05, 0) is 19.1 Å². The molecule has 1 aromatic rings. The van der Waals surface area contributed by atoms with Gasteiger partial charge in [-0.3, -0.25) is 19.7 Å². The molecular weight excluding hydrogens is 282 g/mol. The van der Waals surface area contributed by atoms with E-state index < -0.39 is 23.8 Å². The molecular formula is C12H17N3O4S. The van der Waals surface area contributed by atoms with E-state index in [1.807, 2.05) is 0 Å². The maximum atomic E-state index is 11.5. The van der Waals surface area contributed by atoms with Crippen LogP contribution >= 0.6 is 11.8 Å². The van der Waals surface area contributed by atoms with Crippen molar-refractivity contribution in [2.75, 3.05) is 18.1 Å². The zero-order valence-electron chi connectivity index (χ0n) is 11.0. The third-order valence-corrected chi connectivity index (χ3v) is 3.28. The zero-order chi connectivity index (χ0) is 15.0. The molecule has 0 aliphatic carbocycles. The Labute approximate surface area is 120 Å². The van der Waals surface area contributed by atoms with Gasteiger partial charge in [-0.2, -0.15) is 0 Å². The summed E-state index contributed by atoms with van der Waals surface area (Å²) in [5.41, 5.74) is 5.88. The first kappa shape index (κ1) is 16.3. The Kier molecular flexibility index (Phi) is 6.82. The highest BCUT2D eigenvalue weighted by atomic mass is 32.2. The van der Waals surface area contributed by atoms with E-state index in [2.05, 4.69) is 10.3 Å². The lowest BCUT2D eigenvalue weighted by molar-refractivity contribution is -0.144. The second-order valence-electron chi connectivity index (χ2n) is 3.83. The van der Waals surface area contributed by atoms with E-state index in [0.29, 0.717) is 5.69 Å². The van der Waals surface area contributed by atoms with E-state index >= 15 is 0 Å². The highest BCUT2D eigenvalue weighted by molar-refractivity contribution is 8.00. The van der Waals surface area contributed by atoms with Crippen LogP contribution in [0, 0.1) is 0 Å². The number of carbonyl (C=O) groups is 3. The first-order valence-electron chi connectivity index (χ1n) is 6.02. The van der Waals surface area contributed by atoms with Crippen molar-refractivity contribution in [3.05, 3.63) is 24.0 Å². The van der Waals surface area contributed by atoms with Gasteiger partial charge in [-0.15, -0.1) is 11.8 Å². The minimum Gasteiger partial charge on any atom is -0.465 e. The lowest BCUT2D eigenvalue weighted by atomic mass is 10.4. The molecule has 1 rings (SSSR count). The van der Waals surface area contributed by atoms with Gasteiger partial charge in [0, 0.05) is 11.9 Å². The Morgan fingerprint density at radius 2 is 2.25 bits per heavy atom. The van der Waals surface area contributed by atoms with Crippen LogP contribution in [0.25, 0.3) is 0 Å². The minimum atomic E-state index is -0.771. The van der Waals surface area contributed by atoms with E-state index in [1.54, 1.807) is 25.3 Å². The number of hydrogen-bond acceptors (Lipinski definition) is 6. The second-order valence-corrected chi connectivity index (χ2v) is 4.87. The summed E-state index contributed by atoms with van der Waals surface area (Å²) in [7, 11) is 0. The van der Waals surface area contributed by atoms with Crippen LogP contribution in [0.3, 0.4) is 0 Å². The van der Waals surface area contributed by atoms with Crippen molar-refractivity contribution in [1.82, 2.24) is 10.3 Å². The number of carbonyl (C=O) groups excluding carboxylic acids is 3. The number of esters is 1. The number of aromatic nitrogens is 1. The van der Waals surface area contributed by atoms with E-state index in [0.717, 1.165) is 11.8 Å². The highest BCUT2D eigenvalue weighted by Crippen LogP contribution is 2.03. The molecule has 1 aromatic heterocycles. The summed E-state index contributed by atoms with van der Waals surface area (Å²) in [6.45, 7) is 1.96. The molecule has 1 heterocycles. The highest BCUT2D eigenvalue weighted by Gasteiger charge is 2.16. The Morgan fingerprint density at radius 1 is 1.50 bits per heavy atom. The molecule has 0 radical (unpaired) electrons. The molecule has 7 nitrogen and oxygen atoms in total. The van der Waals surface area contributed by atoms with Crippen molar-refractivity contribution in [1.29, 1.82) is 0 Å². The monoisotopic (exact) mass is 299 g/mol. The number of H-pyrrole nitrogens is 1. The Bertz CT molecular complexity index is 461. The van der Waals surface area contributed by atoms with Crippen LogP contribution in [-0.4, -0.2) is 46.9 Å². The van der Waals surface area contributed by atoms with Crippen molar-refractivity contribution in [3.63, 3.8) is 0 Å². The summed E-state index contributed by atoms with van der Waals surface area (Å²) in [5, 5.41) is 2.22. The lowest BCUT2D eigenvalue weighted by Gasteiger charge is -2.09. The fraction of sp³-hybridized carbons (Fsp3) is 0.417. The SMILES string of the molecule is CCOC(=O)C(N)CSCC(=O)NC(=O)c1ccc[nH]1. The standard InChI is InChI=1S/C12H17N3O4S/c1-2-19-12(18)8(13)6-20-7-10(16)15-11(17)9-4-3-5-14-9/h3-5,8,14H,2,6-7,13H2,1H3,(H,15,16,17). The Morgan fingerprint density at radius 3 is 2.85 bits per heavy atom. The number of aromatic amines is 1. The fourth-order valence-electron chi connectivity index (χ4n) is 1.30. The van der Waals surface area contributed by atoms with Crippen molar-refractivity contribution in [3.8, 4) is 0 Å². The molecule has 4 N–H and O–H groups in total. The number of ether oxygens (including phenoxy) is 1. The molecule has 0 bridgehead atoms. The molecule has 0 fully saturated rings. The van der Waals surface area contributed by atoms with Gasteiger partial charge >= 0.3 is 5.97 Å². The van der Waals surface area contributed by atoms with Crippen LogP contribution < -0.4 is 11.1 Å². The minimum absolute atomic E-state index is 0.0412. The van der Waals surface area contributed by atoms with Crippen molar-refractivity contribution in [2.24, 2.45) is 5.73 Å². The van der Waals surface area contributed by atoms with E-state index in [-0.39, 0.29) is 18.1 Å². The average Bonchev–Trinajstić information content (AvgIpc) is 2.92. The summed E-state index contributed by atoms with van der Waals surface area (Å²) in [6, 6.07) is 2.45. The molecule has 8 heteroatoms. The summed E-state index contributed by atoms with van der Waals surface area (Å²) in [5.74, 6) is -1.13. The van der Waals surface area contributed by atoms with Crippen LogP contribution in [-0.2, 0) is 14.3 Å². The molecule has 0 aliphatic heterocycles. The zero-order valence-corrected chi connectivity index (χ0v) is 11.9. The van der Waals surface area contributed by atoms with Crippen LogP contribution in [0.5, 0.6) is 0 Å². The summed E-state index contributed by atoms with van der Waals surface area (Å²) in [4.78, 5) is 37.0. The maximum absolute atomic E-state index is 11.5. The topological polar surface area (TPSA) is 114 Å². The normalized spacial score (nSPS) is 11.7. The molecule has 110 valence electrons. The molecule has 0 aliphatic rings. The van der Waals surface area contributed by atoms with Gasteiger partial charge in [0.05, 0.1) is 12.4 Å². The van der Waals surface area contributed by atoms with Gasteiger partial charge in [-0.25, -0.2) is 0 Å². The number of nitrogens with two attached hydrogens (primary N) is 1. The molecule has 0 aromatic carbocycles. The molecule has 0 saturated carbocycles. The smallest absolute Gasteiger partial charge is 0.323 e. The maximum Gasteiger partial charge on any atom is 0.323 e. The molecule has 0 spiro atoms. The van der Waals surface area contributed by atoms with E-state index in [9.17, 15) is 14.4 Å². The predicted octanol–water partition coefficient (Wildman–Crippen LogP) is -0.105. The van der Waals surface area contributed by atoms with Crippen molar-refractivity contribution in [2.45, 2.75) is 13.0 Å². The molecule has 0 saturated heterocycles. The van der Waals surface area contributed by atoms with Gasteiger partial charge in [0.2, 0.25) is 5.91 Å². The quantitative estimate of drug-likeness (QED) is 0.605. The lowest BCUT2D eigenvalue weighted by Crippen LogP contribution is -2.36. The van der Waals surface area contributed by atoms with Gasteiger partial charge in [-0.1, -0.05) is 0 Å². The Hall–Kier alpha value is -1.80. The molecule has 1 unspecified atom stereocenters. The third kappa shape index (κ3) is 5.45. The number of nitrogens with one attached hydrogen (secondary N) is 2. The number of rotatable bonds is 7. The average molecular weight is 299 g/mol. The van der Waals surface area contributed by atoms with Gasteiger partial charge in [0.1, 0.15) is 11.7 Å². The molecule has 20 heavy (non-hydrogen) atoms. The predicted molar refractivity (Wildman–Crippen MR) is 75.2 cm³/mol. The first-order chi connectivity index (χ1) is 9.54. The third-order valence-electron chi connectivity index (χ3n) is 2.22. The van der Waals surface area contributed by atoms with E-state index in [4.69, 9.17) is 10.5 Å². The molecule has 2 amide bonds. The van der Waals surface area contributed by atoms with Gasteiger partial charge in [0.15, 0.2) is 0 Å². The largest absolute Gasteiger partial charge is 0.465 e. The van der Waals surface area contributed by atoms with Crippen molar-refractivity contribution >= 4 is 29.5 Å². The number of thioether (sulfide) groups is 1. The number of amides is 2. The van der Waals surface area contributed by atoms with Crippen molar-refractivity contribution < 1.29 is 19.1 Å². The van der Waals surface area contributed by atoms with E-state index in [1.165, 1.54) is 0 Å². The van der Waals surface area contributed by atoms with Gasteiger partial charge in [0.25, 0.3) is 5.91 Å². The van der Waals surface area contributed by atoms with Crippen LogP contribution in [0.4, 0.5) is 0 Å². The molecule has 1 atom stereocenters.